The van der Waals surface area contributed by atoms with Crippen molar-refractivity contribution >= 4 is 66.8 Å². The normalized spacial score (nSPS) is 14.1. The first-order valence-electron chi connectivity index (χ1n) is 10.8. The van der Waals surface area contributed by atoms with Gasteiger partial charge in [0, 0.05) is 27.1 Å². The lowest BCUT2D eigenvalue weighted by Gasteiger charge is -2.14. The molecule has 1 aliphatic carbocycles. The van der Waals surface area contributed by atoms with Gasteiger partial charge in [-0.25, -0.2) is 9.97 Å². The van der Waals surface area contributed by atoms with Crippen molar-refractivity contribution in [3.05, 3.63) is 53.2 Å². The SMILES string of the molecule is COc1cc2c(cc1NC(=O)[C@@H](C)Sc1ncnc3sc4c(c13)CCC4)oc1ccccc12. The molecule has 0 fully saturated rings. The average molecular weight is 476 g/mol. The number of carbonyl (C=O) groups excluding carboxylic acids is 1. The van der Waals surface area contributed by atoms with E-state index in [4.69, 9.17) is 9.15 Å². The van der Waals surface area contributed by atoms with Crippen molar-refractivity contribution in [2.75, 3.05) is 12.4 Å². The van der Waals surface area contributed by atoms with Crippen molar-refractivity contribution in [1.29, 1.82) is 0 Å². The zero-order chi connectivity index (χ0) is 22.5. The van der Waals surface area contributed by atoms with Crippen molar-refractivity contribution in [2.24, 2.45) is 0 Å². The number of fused-ring (bicyclic) bond motifs is 6. The Bertz CT molecular complexity index is 1540. The predicted molar refractivity (Wildman–Crippen MR) is 134 cm³/mol. The molecule has 5 aromatic rings. The number of aryl methyl sites for hydroxylation is 2. The number of hydrogen-bond acceptors (Lipinski definition) is 7. The Kier molecular flexibility index (Phi) is 4.99. The lowest BCUT2D eigenvalue weighted by Crippen LogP contribution is -2.22. The number of para-hydroxylation sites is 1. The summed E-state index contributed by atoms with van der Waals surface area (Å²) in [7, 11) is 1.60. The van der Waals surface area contributed by atoms with Crippen LogP contribution in [0, 0.1) is 0 Å². The zero-order valence-electron chi connectivity index (χ0n) is 18.2. The Labute approximate surface area is 198 Å². The third-order valence-corrected chi connectivity index (χ3v) is 8.38. The molecule has 33 heavy (non-hydrogen) atoms. The van der Waals surface area contributed by atoms with Crippen molar-refractivity contribution < 1.29 is 13.9 Å². The summed E-state index contributed by atoms with van der Waals surface area (Å²) in [5.74, 6) is 0.479. The number of thiophene rings is 1. The van der Waals surface area contributed by atoms with Crippen LogP contribution in [0.25, 0.3) is 32.2 Å². The summed E-state index contributed by atoms with van der Waals surface area (Å²) < 4.78 is 11.6. The number of benzene rings is 2. The second-order valence-corrected chi connectivity index (χ2v) is 10.5. The molecule has 0 radical (unpaired) electrons. The first-order chi connectivity index (χ1) is 16.1. The van der Waals surface area contributed by atoms with Gasteiger partial charge in [-0.3, -0.25) is 4.79 Å². The summed E-state index contributed by atoms with van der Waals surface area (Å²) in [5.41, 5.74) is 3.46. The lowest BCUT2D eigenvalue weighted by molar-refractivity contribution is -0.115. The molecule has 0 bridgehead atoms. The number of carbonyl (C=O) groups is 1. The fourth-order valence-corrected chi connectivity index (χ4v) is 6.70. The summed E-state index contributed by atoms with van der Waals surface area (Å²) >= 11 is 3.23. The molecule has 6 rings (SSSR count). The molecule has 0 aliphatic heterocycles. The number of hydrogen-bond donors (Lipinski definition) is 1. The highest BCUT2D eigenvalue weighted by Gasteiger charge is 2.24. The van der Waals surface area contributed by atoms with E-state index in [2.05, 4.69) is 15.3 Å². The minimum absolute atomic E-state index is 0.118. The second-order valence-electron chi connectivity index (χ2n) is 8.11. The summed E-state index contributed by atoms with van der Waals surface area (Å²) in [6, 6.07) is 11.6. The number of methoxy groups -OCH3 is 1. The second kappa shape index (κ2) is 8.04. The van der Waals surface area contributed by atoms with E-state index in [0.29, 0.717) is 17.0 Å². The maximum atomic E-state index is 13.1. The van der Waals surface area contributed by atoms with Crippen LogP contribution >= 0.6 is 23.1 Å². The fraction of sp³-hybridized carbons (Fsp3) is 0.240. The van der Waals surface area contributed by atoms with Gasteiger partial charge in [-0.15, -0.1) is 11.3 Å². The van der Waals surface area contributed by atoms with Gasteiger partial charge in [0.25, 0.3) is 0 Å². The van der Waals surface area contributed by atoms with Crippen LogP contribution in [0.3, 0.4) is 0 Å². The number of aromatic nitrogens is 2. The van der Waals surface area contributed by atoms with Crippen LogP contribution in [0.4, 0.5) is 5.69 Å². The molecule has 3 aromatic heterocycles. The maximum absolute atomic E-state index is 13.1. The van der Waals surface area contributed by atoms with Gasteiger partial charge in [0.15, 0.2) is 0 Å². The van der Waals surface area contributed by atoms with Crippen molar-refractivity contribution in [3.8, 4) is 5.75 Å². The molecule has 1 aliphatic rings. The molecule has 3 heterocycles. The molecular formula is C25H21N3O3S2. The van der Waals surface area contributed by atoms with Crippen LogP contribution in [-0.2, 0) is 17.6 Å². The number of nitrogens with zero attached hydrogens (tertiary/aromatic N) is 2. The van der Waals surface area contributed by atoms with Crippen LogP contribution in [-0.4, -0.2) is 28.2 Å². The van der Waals surface area contributed by atoms with E-state index in [-0.39, 0.29) is 11.2 Å². The molecule has 0 unspecified atom stereocenters. The molecule has 2 aromatic carbocycles. The van der Waals surface area contributed by atoms with Gasteiger partial charge in [0.05, 0.1) is 18.0 Å². The van der Waals surface area contributed by atoms with Gasteiger partial charge in [0.2, 0.25) is 5.91 Å². The van der Waals surface area contributed by atoms with Gasteiger partial charge in [0.1, 0.15) is 33.1 Å². The molecular weight excluding hydrogens is 454 g/mol. The van der Waals surface area contributed by atoms with Gasteiger partial charge in [-0.05, 0) is 43.9 Å². The summed E-state index contributed by atoms with van der Waals surface area (Å²) in [4.78, 5) is 24.6. The van der Waals surface area contributed by atoms with Crippen molar-refractivity contribution in [3.63, 3.8) is 0 Å². The molecule has 0 saturated heterocycles. The Balaban J connectivity index is 1.29. The van der Waals surface area contributed by atoms with E-state index >= 15 is 0 Å². The Morgan fingerprint density at radius 3 is 2.94 bits per heavy atom. The predicted octanol–water partition coefficient (Wildman–Crippen LogP) is 6.21. The monoisotopic (exact) mass is 475 g/mol. The van der Waals surface area contributed by atoms with Gasteiger partial charge >= 0.3 is 0 Å². The molecule has 1 N–H and O–H groups in total. The fourth-order valence-electron chi connectivity index (χ4n) is 4.46. The highest BCUT2D eigenvalue weighted by atomic mass is 32.2. The zero-order valence-corrected chi connectivity index (χ0v) is 19.8. The van der Waals surface area contributed by atoms with Crippen LogP contribution in [0.5, 0.6) is 5.75 Å². The van der Waals surface area contributed by atoms with E-state index in [1.807, 2.05) is 43.3 Å². The molecule has 0 spiro atoms. The summed E-state index contributed by atoms with van der Waals surface area (Å²) in [6.07, 6.45) is 4.95. The molecule has 0 saturated carbocycles. The van der Waals surface area contributed by atoms with E-state index < -0.39 is 0 Å². The van der Waals surface area contributed by atoms with E-state index in [1.165, 1.54) is 28.6 Å². The van der Waals surface area contributed by atoms with Gasteiger partial charge in [-0.1, -0.05) is 30.0 Å². The highest BCUT2D eigenvalue weighted by Crippen LogP contribution is 2.41. The summed E-state index contributed by atoms with van der Waals surface area (Å²) in [5, 5.41) is 6.65. The van der Waals surface area contributed by atoms with Crippen LogP contribution in [0.15, 0.2) is 52.2 Å². The van der Waals surface area contributed by atoms with Gasteiger partial charge in [-0.2, -0.15) is 0 Å². The standard InChI is InChI=1S/C25H21N3O3S2/c1-13(32-24-22-15-7-5-9-21(15)33-25(22)27-12-26-24)23(29)28-17-11-19-16(10-20(17)30-2)14-6-3-4-8-18(14)31-19/h3-4,6,8,10-13H,5,7,9H2,1-2H3,(H,28,29)/t13-/m1/s1. The van der Waals surface area contributed by atoms with Crippen LogP contribution in [0.1, 0.15) is 23.8 Å². The van der Waals surface area contributed by atoms with E-state index in [0.717, 1.165) is 44.4 Å². The van der Waals surface area contributed by atoms with Crippen LogP contribution in [0.2, 0.25) is 0 Å². The first kappa shape index (κ1) is 20.5. The topological polar surface area (TPSA) is 77.2 Å². The summed E-state index contributed by atoms with van der Waals surface area (Å²) in [6.45, 7) is 1.90. The average Bonchev–Trinajstić information content (AvgIpc) is 3.51. The first-order valence-corrected chi connectivity index (χ1v) is 12.5. The minimum atomic E-state index is -0.351. The molecule has 1 atom stereocenters. The van der Waals surface area contributed by atoms with Crippen molar-refractivity contribution in [2.45, 2.75) is 36.5 Å². The smallest absolute Gasteiger partial charge is 0.237 e. The number of nitrogens with one attached hydrogen (secondary N) is 1. The largest absolute Gasteiger partial charge is 0.495 e. The van der Waals surface area contributed by atoms with Crippen LogP contribution < -0.4 is 10.1 Å². The minimum Gasteiger partial charge on any atom is -0.495 e. The molecule has 1 amide bonds. The Hall–Kier alpha value is -3.10. The van der Waals surface area contributed by atoms with E-state index in [9.17, 15) is 4.79 Å². The lowest BCUT2D eigenvalue weighted by atomic mass is 10.1. The molecule has 8 heteroatoms. The third-order valence-electron chi connectivity index (χ3n) is 6.08. The van der Waals surface area contributed by atoms with Gasteiger partial charge < -0.3 is 14.5 Å². The Morgan fingerprint density at radius 2 is 2.06 bits per heavy atom. The number of anilines is 1. The number of amides is 1. The highest BCUT2D eigenvalue weighted by molar-refractivity contribution is 8.00. The van der Waals surface area contributed by atoms with E-state index in [1.54, 1.807) is 24.8 Å². The number of furan rings is 1. The number of rotatable bonds is 5. The Morgan fingerprint density at radius 1 is 1.18 bits per heavy atom. The number of ether oxygens (including phenoxy) is 1. The molecule has 166 valence electrons. The molecule has 6 nitrogen and oxygen atoms in total. The van der Waals surface area contributed by atoms with Crippen molar-refractivity contribution in [1.82, 2.24) is 9.97 Å². The third kappa shape index (κ3) is 3.45. The number of thioether (sulfide) groups is 1. The quantitative estimate of drug-likeness (QED) is 0.241. The maximum Gasteiger partial charge on any atom is 0.237 e.